The fourth-order valence-corrected chi connectivity index (χ4v) is 5.04. The molecule has 1 aliphatic heterocycles. The lowest BCUT2D eigenvalue weighted by Crippen LogP contribution is -2.48. The first-order valence-corrected chi connectivity index (χ1v) is 13.3. The average molecular weight is 506 g/mol. The van der Waals surface area contributed by atoms with Crippen LogP contribution >= 0.6 is 0 Å². The molecule has 5 rings (SSSR count). The molecule has 0 bridgehead atoms. The highest BCUT2D eigenvalue weighted by Gasteiger charge is 2.28. The van der Waals surface area contributed by atoms with Crippen molar-refractivity contribution in [2.75, 3.05) is 18.4 Å². The van der Waals surface area contributed by atoms with Crippen molar-refractivity contribution in [2.24, 2.45) is 0 Å². The average Bonchev–Trinajstić information content (AvgIpc) is 2.94. The van der Waals surface area contributed by atoms with Crippen molar-refractivity contribution in [2.45, 2.75) is 38.9 Å². The number of nitrogens with zero attached hydrogens (tertiary/aromatic N) is 2. The first kappa shape index (κ1) is 25.6. The molecule has 1 N–H and O–H groups in total. The van der Waals surface area contributed by atoms with Crippen LogP contribution in [0.3, 0.4) is 0 Å². The number of rotatable bonds is 8. The molecule has 0 radical (unpaired) electrons. The number of amides is 2. The van der Waals surface area contributed by atoms with Crippen molar-refractivity contribution in [1.29, 1.82) is 0 Å². The number of hydrogen-bond acceptors (Lipinski definition) is 3. The summed E-state index contributed by atoms with van der Waals surface area (Å²) in [5.41, 5.74) is 4.32. The van der Waals surface area contributed by atoms with E-state index >= 15 is 0 Å². The van der Waals surface area contributed by atoms with Crippen molar-refractivity contribution in [3.8, 4) is 11.5 Å². The second-order valence-corrected chi connectivity index (χ2v) is 9.98. The molecule has 194 valence electrons. The maximum absolute atomic E-state index is 13.6. The van der Waals surface area contributed by atoms with Crippen molar-refractivity contribution < 1.29 is 9.53 Å². The predicted molar refractivity (Wildman–Crippen MR) is 153 cm³/mol. The number of carbonyl (C=O) groups is 1. The van der Waals surface area contributed by atoms with Crippen LogP contribution in [0.4, 0.5) is 10.5 Å². The lowest BCUT2D eigenvalue weighted by atomic mass is 10.0. The molecule has 1 aliphatic rings. The molecule has 0 unspecified atom stereocenters. The van der Waals surface area contributed by atoms with Gasteiger partial charge in [-0.1, -0.05) is 72.8 Å². The third-order valence-corrected chi connectivity index (χ3v) is 7.01. The highest BCUT2D eigenvalue weighted by molar-refractivity contribution is 5.89. The third kappa shape index (κ3) is 7.02. The number of likely N-dealkylation sites (tertiary alicyclic amines) is 1. The highest BCUT2D eigenvalue weighted by atomic mass is 16.5. The lowest BCUT2D eigenvalue weighted by Gasteiger charge is -2.38. The smallest absolute Gasteiger partial charge is 0.322 e. The number of hydrogen-bond donors (Lipinski definition) is 1. The summed E-state index contributed by atoms with van der Waals surface area (Å²) in [6.07, 6.45) is 1.88. The largest absolute Gasteiger partial charge is 0.457 e. The Morgan fingerprint density at radius 2 is 1.47 bits per heavy atom. The van der Waals surface area contributed by atoms with Gasteiger partial charge in [0.15, 0.2) is 0 Å². The van der Waals surface area contributed by atoms with E-state index < -0.39 is 0 Å². The standard InChI is InChI=1S/C33H35N3O2/c1-26-10-8-14-29(22-26)34-33(37)36(30-18-20-35(21-19-30)24-27-11-4-2-5-12-27)25-28-13-9-17-32(23-28)38-31-15-6-3-7-16-31/h2-17,22-23,30H,18-21,24-25H2,1H3,(H,34,37). The topological polar surface area (TPSA) is 44.8 Å². The van der Waals surface area contributed by atoms with E-state index in [1.54, 1.807) is 0 Å². The minimum absolute atomic E-state index is 0.0634. The minimum atomic E-state index is -0.0634. The quantitative estimate of drug-likeness (QED) is 0.270. The number of aryl methyl sites for hydroxylation is 1. The summed E-state index contributed by atoms with van der Waals surface area (Å²) >= 11 is 0. The Morgan fingerprint density at radius 3 is 2.21 bits per heavy atom. The molecular weight excluding hydrogens is 470 g/mol. The fourth-order valence-electron chi connectivity index (χ4n) is 5.04. The monoisotopic (exact) mass is 505 g/mol. The van der Waals surface area contributed by atoms with E-state index in [1.165, 1.54) is 5.56 Å². The zero-order valence-corrected chi connectivity index (χ0v) is 21.9. The molecule has 0 aromatic heterocycles. The van der Waals surface area contributed by atoms with E-state index in [9.17, 15) is 4.79 Å². The molecule has 4 aromatic carbocycles. The summed E-state index contributed by atoms with van der Waals surface area (Å²) < 4.78 is 6.06. The number of ether oxygens (including phenoxy) is 1. The molecule has 0 spiro atoms. The Kier molecular flexibility index (Phi) is 8.36. The van der Waals surface area contributed by atoms with Gasteiger partial charge in [-0.15, -0.1) is 0 Å². The van der Waals surface area contributed by atoms with Crippen molar-refractivity contribution in [3.63, 3.8) is 0 Å². The molecule has 0 saturated carbocycles. The number of benzene rings is 4. The van der Waals surface area contributed by atoms with E-state index in [1.807, 2.05) is 84.6 Å². The first-order chi connectivity index (χ1) is 18.6. The Balaban J connectivity index is 1.30. The SMILES string of the molecule is Cc1cccc(NC(=O)N(Cc2cccc(Oc3ccccc3)c2)C2CCN(Cc3ccccc3)CC2)c1. The van der Waals surface area contributed by atoms with Crippen molar-refractivity contribution in [1.82, 2.24) is 9.80 Å². The maximum Gasteiger partial charge on any atom is 0.322 e. The molecule has 2 amide bonds. The summed E-state index contributed by atoms with van der Waals surface area (Å²) in [7, 11) is 0. The Bertz CT molecular complexity index is 1320. The number of urea groups is 1. The molecular formula is C33H35N3O2. The Labute approximate surface area is 225 Å². The normalized spacial score (nSPS) is 14.1. The van der Waals surface area contributed by atoms with Gasteiger partial charge in [0.1, 0.15) is 11.5 Å². The number of piperidine rings is 1. The number of para-hydroxylation sites is 1. The van der Waals surface area contributed by atoms with Crippen LogP contribution in [0.5, 0.6) is 11.5 Å². The van der Waals surface area contributed by atoms with Gasteiger partial charge in [0, 0.05) is 37.9 Å². The van der Waals surface area contributed by atoms with Crippen LogP contribution in [0.2, 0.25) is 0 Å². The summed E-state index contributed by atoms with van der Waals surface area (Å²) in [6, 6.07) is 36.5. The van der Waals surface area contributed by atoms with Crippen LogP contribution in [0.1, 0.15) is 29.5 Å². The van der Waals surface area contributed by atoms with E-state index in [4.69, 9.17) is 4.74 Å². The van der Waals surface area contributed by atoms with Crippen molar-refractivity contribution in [3.05, 3.63) is 126 Å². The molecule has 0 aliphatic carbocycles. The van der Waals surface area contributed by atoms with Gasteiger partial charge in [-0.25, -0.2) is 4.79 Å². The molecule has 4 aromatic rings. The van der Waals surface area contributed by atoms with E-state index in [2.05, 4.69) is 46.6 Å². The summed E-state index contributed by atoms with van der Waals surface area (Å²) in [4.78, 5) is 18.1. The van der Waals surface area contributed by atoms with Crippen LogP contribution in [-0.2, 0) is 13.1 Å². The van der Waals surface area contributed by atoms with Crippen LogP contribution in [0.15, 0.2) is 109 Å². The zero-order valence-electron chi connectivity index (χ0n) is 21.9. The summed E-state index contributed by atoms with van der Waals surface area (Å²) in [5.74, 6) is 1.56. The molecule has 38 heavy (non-hydrogen) atoms. The van der Waals surface area contributed by atoms with Gasteiger partial charge in [0.2, 0.25) is 0 Å². The van der Waals surface area contributed by atoms with Gasteiger partial charge in [-0.3, -0.25) is 4.90 Å². The Hall–Kier alpha value is -4.09. The van der Waals surface area contributed by atoms with Gasteiger partial charge in [-0.2, -0.15) is 0 Å². The second kappa shape index (κ2) is 12.4. The Morgan fingerprint density at radius 1 is 0.816 bits per heavy atom. The number of anilines is 1. The summed E-state index contributed by atoms with van der Waals surface area (Å²) in [5, 5.41) is 3.15. The summed E-state index contributed by atoms with van der Waals surface area (Å²) in [6.45, 7) is 5.43. The van der Waals surface area contributed by atoms with Gasteiger partial charge in [-0.05, 0) is 72.9 Å². The molecule has 1 saturated heterocycles. The fraction of sp³-hybridized carbons (Fsp3) is 0.242. The second-order valence-electron chi connectivity index (χ2n) is 9.98. The number of carbonyl (C=O) groups excluding carboxylic acids is 1. The van der Waals surface area contributed by atoms with Crippen LogP contribution in [0, 0.1) is 6.92 Å². The van der Waals surface area contributed by atoms with Gasteiger partial charge in [0.05, 0.1) is 0 Å². The lowest BCUT2D eigenvalue weighted by molar-refractivity contribution is 0.120. The van der Waals surface area contributed by atoms with Crippen LogP contribution < -0.4 is 10.1 Å². The molecule has 5 nitrogen and oxygen atoms in total. The van der Waals surface area contributed by atoms with E-state index in [-0.39, 0.29) is 12.1 Å². The van der Waals surface area contributed by atoms with Crippen LogP contribution in [0.25, 0.3) is 0 Å². The van der Waals surface area contributed by atoms with Gasteiger partial charge >= 0.3 is 6.03 Å². The van der Waals surface area contributed by atoms with Gasteiger partial charge in [0.25, 0.3) is 0 Å². The predicted octanol–water partition coefficient (Wildman–Crippen LogP) is 7.49. The van der Waals surface area contributed by atoms with E-state index in [0.717, 1.165) is 60.8 Å². The molecule has 1 heterocycles. The highest BCUT2D eigenvalue weighted by Crippen LogP contribution is 2.26. The maximum atomic E-state index is 13.6. The minimum Gasteiger partial charge on any atom is -0.457 e. The molecule has 5 heteroatoms. The van der Waals surface area contributed by atoms with Crippen LogP contribution in [-0.4, -0.2) is 35.0 Å². The third-order valence-electron chi connectivity index (χ3n) is 7.01. The van der Waals surface area contributed by atoms with Crippen molar-refractivity contribution >= 4 is 11.7 Å². The first-order valence-electron chi connectivity index (χ1n) is 13.3. The van der Waals surface area contributed by atoms with E-state index in [0.29, 0.717) is 6.54 Å². The molecule has 0 atom stereocenters. The van der Waals surface area contributed by atoms with Gasteiger partial charge < -0.3 is 15.0 Å². The number of nitrogens with one attached hydrogen (secondary N) is 1. The zero-order chi connectivity index (χ0) is 26.2. The molecule has 1 fully saturated rings.